The van der Waals surface area contributed by atoms with Crippen LogP contribution in [-0.2, 0) is 4.74 Å². The molecule has 0 bridgehead atoms. The van der Waals surface area contributed by atoms with Gasteiger partial charge in [-0.25, -0.2) is 0 Å². The van der Waals surface area contributed by atoms with Gasteiger partial charge in [0.25, 0.3) is 0 Å². The molecule has 2 N–H and O–H groups in total. The van der Waals surface area contributed by atoms with Crippen molar-refractivity contribution in [3.05, 3.63) is 54.1 Å². The molecule has 2 aromatic carbocycles. The van der Waals surface area contributed by atoms with E-state index in [2.05, 4.69) is 41.8 Å². The summed E-state index contributed by atoms with van der Waals surface area (Å²) >= 11 is 0. The first-order chi connectivity index (χ1) is 14.7. The first-order valence-electron chi connectivity index (χ1n) is 10.8. The highest BCUT2D eigenvalue weighted by Gasteiger charge is 2.27. The summed E-state index contributed by atoms with van der Waals surface area (Å²) < 4.78 is 17.2. The first-order valence-corrected chi connectivity index (χ1v) is 10.8. The van der Waals surface area contributed by atoms with Crippen LogP contribution < -0.4 is 20.1 Å². The summed E-state index contributed by atoms with van der Waals surface area (Å²) in [5, 5.41) is 6.71. The Kier molecular flexibility index (Phi) is 8.39. The van der Waals surface area contributed by atoms with Gasteiger partial charge in [-0.05, 0) is 44.4 Å². The van der Waals surface area contributed by atoms with Crippen molar-refractivity contribution in [1.29, 1.82) is 0 Å². The van der Waals surface area contributed by atoms with E-state index in [-0.39, 0.29) is 6.10 Å². The van der Waals surface area contributed by atoms with E-state index in [1.165, 1.54) is 5.56 Å². The van der Waals surface area contributed by atoms with Crippen LogP contribution in [0, 0.1) is 5.92 Å². The van der Waals surface area contributed by atoms with Gasteiger partial charge < -0.3 is 24.8 Å². The minimum Gasteiger partial charge on any atom is -0.493 e. The first kappa shape index (κ1) is 22.0. The average Bonchev–Trinajstić information content (AvgIpc) is 2.79. The summed E-state index contributed by atoms with van der Waals surface area (Å²) in [6, 6.07) is 16.3. The third-order valence-electron chi connectivity index (χ3n) is 5.13. The SMILES string of the molecule is CCNC(=NCC1CCCOC1c1ccccc1)Nc1ccc(OCC)c(OC)c1. The molecule has 1 fully saturated rings. The molecule has 0 saturated carbocycles. The second-order valence-corrected chi connectivity index (χ2v) is 7.25. The lowest BCUT2D eigenvalue weighted by atomic mass is 9.89. The summed E-state index contributed by atoms with van der Waals surface area (Å²) in [5.74, 6) is 2.53. The molecule has 162 valence electrons. The lowest BCUT2D eigenvalue weighted by Gasteiger charge is -2.31. The Hall–Kier alpha value is -2.73. The highest BCUT2D eigenvalue weighted by Crippen LogP contribution is 2.34. The Morgan fingerprint density at radius 2 is 1.97 bits per heavy atom. The van der Waals surface area contributed by atoms with Gasteiger partial charge in [0.05, 0.1) is 19.8 Å². The van der Waals surface area contributed by atoms with E-state index in [0.717, 1.165) is 43.4 Å². The monoisotopic (exact) mass is 411 g/mol. The number of hydrogen-bond acceptors (Lipinski definition) is 4. The molecule has 1 heterocycles. The molecule has 6 heteroatoms. The Balaban J connectivity index is 1.72. The summed E-state index contributed by atoms with van der Waals surface area (Å²) in [7, 11) is 1.65. The third-order valence-corrected chi connectivity index (χ3v) is 5.13. The van der Waals surface area contributed by atoms with E-state index in [4.69, 9.17) is 19.2 Å². The van der Waals surface area contributed by atoms with Crippen molar-refractivity contribution in [3.8, 4) is 11.5 Å². The average molecular weight is 412 g/mol. The molecule has 0 amide bonds. The van der Waals surface area contributed by atoms with Crippen molar-refractivity contribution in [3.63, 3.8) is 0 Å². The molecule has 2 aromatic rings. The molecule has 6 nitrogen and oxygen atoms in total. The van der Waals surface area contributed by atoms with Gasteiger partial charge in [0, 0.05) is 37.4 Å². The number of aliphatic imine (C=N–C) groups is 1. The predicted molar refractivity (Wildman–Crippen MR) is 122 cm³/mol. The number of nitrogens with zero attached hydrogens (tertiary/aromatic N) is 1. The van der Waals surface area contributed by atoms with Crippen LogP contribution in [0.4, 0.5) is 5.69 Å². The van der Waals surface area contributed by atoms with Crippen LogP contribution in [0.2, 0.25) is 0 Å². The van der Waals surface area contributed by atoms with Gasteiger partial charge in [0.2, 0.25) is 0 Å². The summed E-state index contributed by atoms with van der Waals surface area (Å²) in [6.45, 7) is 6.90. The minimum absolute atomic E-state index is 0.0946. The Morgan fingerprint density at radius 3 is 2.70 bits per heavy atom. The van der Waals surface area contributed by atoms with Crippen LogP contribution in [0.25, 0.3) is 0 Å². The van der Waals surface area contributed by atoms with Gasteiger partial charge in [0.1, 0.15) is 0 Å². The number of hydrogen-bond donors (Lipinski definition) is 2. The Bertz CT molecular complexity index is 811. The number of methoxy groups -OCH3 is 1. The van der Waals surface area contributed by atoms with Crippen molar-refractivity contribution >= 4 is 11.6 Å². The van der Waals surface area contributed by atoms with Crippen LogP contribution in [0.1, 0.15) is 38.4 Å². The predicted octanol–water partition coefficient (Wildman–Crippen LogP) is 4.64. The van der Waals surface area contributed by atoms with Gasteiger partial charge in [-0.2, -0.15) is 0 Å². The zero-order valence-electron chi connectivity index (χ0n) is 18.2. The molecule has 2 atom stereocenters. The van der Waals surface area contributed by atoms with Gasteiger partial charge in [-0.1, -0.05) is 30.3 Å². The van der Waals surface area contributed by atoms with Gasteiger partial charge in [0.15, 0.2) is 17.5 Å². The quantitative estimate of drug-likeness (QED) is 0.489. The van der Waals surface area contributed by atoms with Crippen molar-refractivity contribution in [2.45, 2.75) is 32.8 Å². The Morgan fingerprint density at radius 1 is 1.13 bits per heavy atom. The minimum atomic E-state index is 0.0946. The van der Waals surface area contributed by atoms with Crippen molar-refractivity contribution in [1.82, 2.24) is 5.32 Å². The summed E-state index contributed by atoms with van der Waals surface area (Å²) in [4.78, 5) is 4.86. The normalized spacial score (nSPS) is 19.2. The lowest BCUT2D eigenvalue weighted by Crippen LogP contribution is -2.32. The number of ether oxygens (including phenoxy) is 3. The summed E-state index contributed by atoms with van der Waals surface area (Å²) in [5.41, 5.74) is 2.13. The topological polar surface area (TPSA) is 64.1 Å². The van der Waals surface area contributed by atoms with Crippen LogP contribution in [0.5, 0.6) is 11.5 Å². The van der Waals surface area contributed by atoms with Crippen molar-refractivity contribution < 1.29 is 14.2 Å². The second-order valence-electron chi connectivity index (χ2n) is 7.25. The van der Waals surface area contributed by atoms with E-state index < -0.39 is 0 Å². The van der Waals surface area contributed by atoms with E-state index >= 15 is 0 Å². The maximum absolute atomic E-state index is 6.11. The standard InChI is InChI=1S/C24H33N3O3/c1-4-25-24(27-20-13-14-21(29-5-2)22(16-20)28-3)26-17-19-12-9-15-30-23(19)18-10-7-6-8-11-18/h6-8,10-11,13-14,16,19,23H,4-5,9,12,15,17H2,1-3H3,(H2,25,26,27). The molecular weight excluding hydrogens is 378 g/mol. The maximum Gasteiger partial charge on any atom is 0.195 e. The van der Waals surface area contributed by atoms with Gasteiger partial charge in [-0.3, -0.25) is 4.99 Å². The molecule has 1 saturated heterocycles. The molecule has 0 radical (unpaired) electrons. The molecule has 0 spiro atoms. The van der Waals surface area contributed by atoms with E-state index in [0.29, 0.717) is 24.8 Å². The highest BCUT2D eigenvalue weighted by atomic mass is 16.5. The Labute approximate surface area is 179 Å². The largest absolute Gasteiger partial charge is 0.493 e. The molecule has 0 aliphatic carbocycles. The lowest BCUT2D eigenvalue weighted by molar-refractivity contribution is -0.0250. The zero-order chi connectivity index (χ0) is 21.2. The number of anilines is 1. The van der Waals surface area contributed by atoms with E-state index in [1.807, 2.05) is 31.2 Å². The number of benzene rings is 2. The molecule has 1 aliphatic heterocycles. The zero-order valence-corrected chi connectivity index (χ0v) is 18.2. The third kappa shape index (κ3) is 5.89. The van der Waals surface area contributed by atoms with E-state index in [9.17, 15) is 0 Å². The van der Waals surface area contributed by atoms with Crippen LogP contribution in [0.3, 0.4) is 0 Å². The molecule has 2 unspecified atom stereocenters. The number of guanidine groups is 1. The van der Waals surface area contributed by atoms with Crippen molar-refractivity contribution in [2.75, 3.05) is 38.7 Å². The fourth-order valence-corrected chi connectivity index (χ4v) is 3.71. The van der Waals surface area contributed by atoms with Gasteiger partial charge in [-0.15, -0.1) is 0 Å². The molecule has 1 aliphatic rings. The van der Waals surface area contributed by atoms with Crippen LogP contribution in [0.15, 0.2) is 53.5 Å². The fraction of sp³-hybridized carbons (Fsp3) is 0.458. The van der Waals surface area contributed by atoms with Crippen LogP contribution >= 0.6 is 0 Å². The highest BCUT2D eigenvalue weighted by molar-refractivity contribution is 5.93. The summed E-state index contributed by atoms with van der Waals surface area (Å²) in [6.07, 6.45) is 2.28. The van der Waals surface area contributed by atoms with Crippen LogP contribution in [-0.4, -0.2) is 39.4 Å². The number of nitrogens with one attached hydrogen (secondary N) is 2. The fourth-order valence-electron chi connectivity index (χ4n) is 3.71. The molecule has 3 rings (SSSR count). The van der Waals surface area contributed by atoms with Gasteiger partial charge >= 0.3 is 0 Å². The van der Waals surface area contributed by atoms with Crippen molar-refractivity contribution in [2.24, 2.45) is 10.9 Å². The molecular formula is C24H33N3O3. The molecule has 0 aromatic heterocycles. The number of rotatable bonds is 8. The maximum atomic E-state index is 6.11. The molecule has 30 heavy (non-hydrogen) atoms. The second kappa shape index (κ2) is 11.5. The smallest absolute Gasteiger partial charge is 0.195 e. The van der Waals surface area contributed by atoms with E-state index in [1.54, 1.807) is 7.11 Å².